The molecule has 112 valence electrons. The highest BCUT2D eigenvalue weighted by Crippen LogP contribution is 2.18. The van der Waals surface area contributed by atoms with E-state index in [1.54, 1.807) is 0 Å². The predicted molar refractivity (Wildman–Crippen MR) is 79.9 cm³/mol. The maximum Gasteiger partial charge on any atom is 0.223 e. The van der Waals surface area contributed by atoms with Crippen molar-refractivity contribution in [2.24, 2.45) is 17.6 Å². The summed E-state index contributed by atoms with van der Waals surface area (Å²) in [6.45, 7) is 10.1. The molecule has 1 fully saturated rings. The highest BCUT2D eigenvalue weighted by molar-refractivity contribution is 5.76. The van der Waals surface area contributed by atoms with E-state index in [1.807, 2.05) is 0 Å². The average Bonchev–Trinajstić information content (AvgIpc) is 2.48. The quantitative estimate of drug-likeness (QED) is 0.824. The molecule has 1 amide bonds. The Morgan fingerprint density at radius 1 is 1.37 bits per heavy atom. The van der Waals surface area contributed by atoms with Gasteiger partial charge in [-0.25, -0.2) is 0 Å². The molecule has 0 aliphatic carbocycles. The van der Waals surface area contributed by atoms with Crippen LogP contribution < -0.4 is 5.73 Å². The molecule has 0 aromatic rings. The molecule has 1 aliphatic heterocycles. The second-order valence-corrected chi connectivity index (χ2v) is 6.49. The molecule has 0 radical (unpaired) electrons. The van der Waals surface area contributed by atoms with Gasteiger partial charge in [0, 0.05) is 25.6 Å². The first-order valence-electron chi connectivity index (χ1n) is 7.62. The van der Waals surface area contributed by atoms with Crippen molar-refractivity contribution in [1.29, 1.82) is 0 Å². The Bertz CT molecular complexity index is 281. The maximum atomic E-state index is 12.5. The van der Waals surface area contributed by atoms with Gasteiger partial charge in [-0.15, -0.1) is 0 Å². The smallest absolute Gasteiger partial charge is 0.223 e. The molecule has 1 rings (SSSR count). The predicted octanol–water partition coefficient (Wildman–Crippen LogP) is 1.55. The lowest BCUT2D eigenvalue weighted by Crippen LogP contribution is -2.43. The van der Waals surface area contributed by atoms with E-state index in [-0.39, 0.29) is 0 Å². The van der Waals surface area contributed by atoms with Crippen molar-refractivity contribution in [2.75, 3.05) is 33.2 Å². The Morgan fingerprint density at radius 3 is 2.63 bits per heavy atom. The number of hydrogen-bond acceptors (Lipinski definition) is 3. The molecule has 2 atom stereocenters. The number of rotatable bonds is 5. The summed E-state index contributed by atoms with van der Waals surface area (Å²) in [5, 5.41) is 0. The molecular formula is C15H31N3O. The third-order valence-corrected chi connectivity index (χ3v) is 3.97. The number of nitrogens with zero attached hydrogens (tertiary/aromatic N) is 2. The van der Waals surface area contributed by atoms with Gasteiger partial charge in [0.1, 0.15) is 0 Å². The molecule has 1 aliphatic rings. The first kappa shape index (κ1) is 16.4. The molecule has 4 heteroatoms. The van der Waals surface area contributed by atoms with Crippen LogP contribution in [-0.2, 0) is 4.79 Å². The zero-order valence-corrected chi connectivity index (χ0v) is 13.1. The van der Waals surface area contributed by atoms with Crippen LogP contribution in [0.4, 0.5) is 0 Å². The van der Waals surface area contributed by atoms with Gasteiger partial charge in [-0.1, -0.05) is 13.8 Å². The molecule has 19 heavy (non-hydrogen) atoms. The van der Waals surface area contributed by atoms with Crippen molar-refractivity contribution in [3.05, 3.63) is 0 Å². The van der Waals surface area contributed by atoms with Gasteiger partial charge >= 0.3 is 0 Å². The molecular weight excluding hydrogens is 238 g/mol. The van der Waals surface area contributed by atoms with E-state index in [1.165, 1.54) is 0 Å². The van der Waals surface area contributed by atoms with E-state index < -0.39 is 0 Å². The summed E-state index contributed by atoms with van der Waals surface area (Å²) in [6.07, 6.45) is 2.73. The van der Waals surface area contributed by atoms with Gasteiger partial charge in [0.2, 0.25) is 5.91 Å². The summed E-state index contributed by atoms with van der Waals surface area (Å²) in [5.41, 5.74) is 5.81. The third kappa shape index (κ3) is 5.49. The van der Waals surface area contributed by atoms with E-state index in [0.29, 0.717) is 36.8 Å². The van der Waals surface area contributed by atoms with Crippen LogP contribution in [0.2, 0.25) is 0 Å². The maximum absolute atomic E-state index is 12.5. The Kier molecular flexibility index (Phi) is 6.80. The minimum Gasteiger partial charge on any atom is -0.339 e. The van der Waals surface area contributed by atoms with Crippen LogP contribution in [-0.4, -0.2) is 55.0 Å². The second kappa shape index (κ2) is 7.85. The first-order valence-corrected chi connectivity index (χ1v) is 7.62. The van der Waals surface area contributed by atoms with Gasteiger partial charge in [-0.05, 0) is 51.7 Å². The van der Waals surface area contributed by atoms with Gasteiger partial charge in [0.25, 0.3) is 0 Å². The van der Waals surface area contributed by atoms with E-state index >= 15 is 0 Å². The number of carbonyl (C=O) groups is 1. The Hall–Kier alpha value is -0.610. The lowest BCUT2D eigenvalue weighted by atomic mass is 9.93. The summed E-state index contributed by atoms with van der Waals surface area (Å²) >= 11 is 0. The summed E-state index contributed by atoms with van der Waals surface area (Å²) in [6, 6.07) is 0.317. The van der Waals surface area contributed by atoms with Crippen LogP contribution in [0.15, 0.2) is 0 Å². The summed E-state index contributed by atoms with van der Waals surface area (Å²) < 4.78 is 0. The Labute approximate surface area is 118 Å². The fourth-order valence-corrected chi connectivity index (χ4v) is 3.04. The topological polar surface area (TPSA) is 49.6 Å². The Morgan fingerprint density at radius 2 is 2.05 bits per heavy atom. The van der Waals surface area contributed by atoms with Crippen molar-refractivity contribution < 1.29 is 4.79 Å². The standard InChI is InChI=1S/C15H31N3O/c1-12(2)8-14(10-16)9-15(19)18-7-5-6-17(4)11-13(18)3/h12-14H,5-11,16H2,1-4H3/t13?,14-/m0/s1. The summed E-state index contributed by atoms with van der Waals surface area (Å²) in [5.74, 6) is 1.23. The molecule has 0 saturated carbocycles. The summed E-state index contributed by atoms with van der Waals surface area (Å²) in [7, 11) is 2.13. The molecule has 1 unspecified atom stereocenters. The SMILES string of the molecule is CC(C)C[C@H](CN)CC(=O)N1CCCN(C)CC1C. The van der Waals surface area contributed by atoms with E-state index in [4.69, 9.17) is 5.73 Å². The van der Waals surface area contributed by atoms with Crippen LogP contribution >= 0.6 is 0 Å². The zero-order valence-electron chi connectivity index (χ0n) is 13.1. The number of likely N-dealkylation sites (N-methyl/N-ethyl adjacent to an activating group) is 1. The van der Waals surface area contributed by atoms with Gasteiger partial charge in [-0.2, -0.15) is 0 Å². The highest BCUT2D eigenvalue weighted by atomic mass is 16.2. The zero-order chi connectivity index (χ0) is 14.4. The number of carbonyl (C=O) groups excluding carboxylic acids is 1. The molecule has 0 aromatic heterocycles. The van der Waals surface area contributed by atoms with E-state index in [9.17, 15) is 4.79 Å². The van der Waals surface area contributed by atoms with Gasteiger partial charge in [0.05, 0.1) is 0 Å². The van der Waals surface area contributed by atoms with Gasteiger partial charge < -0.3 is 15.5 Å². The largest absolute Gasteiger partial charge is 0.339 e. The third-order valence-electron chi connectivity index (χ3n) is 3.97. The number of hydrogen-bond donors (Lipinski definition) is 1. The van der Waals surface area contributed by atoms with Gasteiger partial charge in [-0.3, -0.25) is 4.79 Å². The van der Waals surface area contributed by atoms with E-state index in [0.717, 1.165) is 32.5 Å². The lowest BCUT2D eigenvalue weighted by molar-refractivity contribution is -0.134. The van der Waals surface area contributed by atoms with Crippen LogP contribution in [0.5, 0.6) is 0 Å². The molecule has 0 spiro atoms. The van der Waals surface area contributed by atoms with Crippen LogP contribution in [0.3, 0.4) is 0 Å². The average molecular weight is 269 g/mol. The number of amides is 1. The second-order valence-electron chi connectivity index (χ2n) is 6.49. The monoisotopic (exact) mass is 269 g/mol. The lowest BCUT2D eigenvalue weighted by Gasteiger charge is -2.29. The minimum atomic E-state index is 0.291. The molecule has 2 N–H and O–H groups in total. The van der Waals surface area contributed by atoms with Crippen LogP contribution in [0.1, 0.15) is 40.0 Å². The van der Waals surface area contributed by atoms with Crippen molar-refractivity contribution in [3.63, 3.8) is 0 Å². The Balaban J connectivity index is 2.55. The van der Waals surface area contributed by atoms with E-state index in [2.05, 4.69) is 37.6 Å². The minimum absolute atomic E-state index is 0.291. The molecule has 4 nitrogen and oxygen atoms in total. The van der Waals surface area contributed by atoms with Crippen molar-refractivity contribution >= 4 is 5.91 Å². The van der Waals surface area contributed by atoms with Gasteiger partial charge in [0.15, 0.2) is 0 Å². The normalized spacial score (nSPS) is 23.5. The van der Waals surface area contributed by atoms with Crippen LogP contribution in [0, 0.1) is 11.8 Å². The van der Waals surface area contributed by atoms with Crippen molar-refractivity contribution in [2.45, 2.75) is 46.1 Å². The fraction of sp³-hybridized carbons (Fsp3) is 0.933. The van der Waals surface area contributed by atoms with Crippen LogP contribution in [0.25, 0.3) is 0 Å². The molecule has 1 heterocycles. The van der Waals surface area contributed by atoms with Crippen molar-refractivity contribution in [1.82, 2.24) is 9.80 Å². The first-order chi connectivity index (χ1) is 8.93. The fourth-order valence-electron chi connectivity index (χ4n) is 3.04. The molecule has 1 saturated heterocycles. The number of nitrogens with two attached hydrogens (primary N) is 1. The molecule has 0 aromatic carbocycles. The summed E-state index contributed by atoms with van der Waals surface area (Å²) in [4.78, 5) is 16.8. The highest BCUT2D eigenvalue weighted by Gasteiger charge is 2.25. The van der Waals surface area contributed by atoms with Crippen molar-refractivity contribution in [3.8, 4) is 0 Å². The molecule has 0 bridgehead atoms.